The summed E-state index contributed by atoms with van der Waals surface area (Å²) in [5.74, 6) is 2.71. The highest BCUT2D eigenvalue weighted by Crippen LogP contribution is 2.36. The van der Waals surface area contributed by atoms with E-state index >= 15 is 0 Å². The van der Waals surface area contributed by atoms with Crippen LogP contribution in [0, 0.1) is 6.92 Å². The molecule has 0 fully saturated rings. The number of aliphatic imine (C=N–C) groups is 1. The molecule has 0 amide bonds. The first-order chi connectivity index (χ1) is 17.6. The molecule has 2 aliphatic rings. The van der Waals surface area contributed by atoms with Crippen LogP contribution in [0.1, 0.15) is 28.4 Å². The van der Waals surface area contributed by atoms with Crippen LogP contribution in [0.4, 0.5) is 11.5 Å². The maximum absolute atomic E-state index is 6.66. The lowest BCUT2D eigenvalue weighted by molar-refractivity contribution is 0.228. The average molecular weight is 480 g/mol. The molecule has 8 heteroatoms. The Morgan fingerprint density at radius 1 is 1.03 bits per heavy atom. The van der Waals surface area contributed by atoms with E-state index in [0.29, 0.717) is 18.3 Å². The summed E-state index contributed by atoms with van der Waals surface area (Å²) in [7, 11) is 0. The van der Waals surface area contributed by atoms with Crippen LogP contribution in [0.5, 0.6) is 11.5 Å². The molecular weight excluding hydrogens is 450 g/mol. The fourth-order valence-corrected chi connectivity index (χ4v) is 5.15. The number of ether oxygens (including phenoxy) is 1. The first kappa shape index (κ1) is 22.2. The van der Waals surface area contributed by atoms with E-state index in [0.717, 1.165) is 35.6 Å². The summed E-state index contributed by atoms with van der Waals surface area (Å²) < 4.78 is 6.29. The van der Waals surface area contributed by atoms with Gasteiger partial charge in [-0.15, -0.1) is 0 Å². The van der Waals surface area contributed by atoms with E-state index in [1.807, 2.05) is 29.2 Å². The van der Waals surface area contributed by atoms with Crippen molar-refractivity contribution < 1.29 is 4.74 Å². The quantitative estimate of drug-likeness (QED) is 0.392. The zero-order chi connectivity index (χ0) is 24.6. The van der Waals surface area contributed by atoms with Crippen LogP contribution in [0.15, 0.2) is 84.0 Å². The van der Waals surface area contributed by atoms with Crippen LogP contribution in [0.25, 0.3) is 0 Å². The third-order valence-corrected chi connectivity index (χ3v) is 6.95. The summed E-state index contributed by atoms with van der Waals surface area (Å²) in [6.45, 7) is 3.50. The number of hydrogen-bond acceptors (Lipinski definition) is 7. The minimum absolute atomic E-state index is 0.0480. The van der Waals surface area contributed by atoms with Gasteiger partial charge >= 0.3 is 0 Å². The zero-order valence-electron chi connectivity index (χ0n) is 20.1. The molecule has 3 heterocycles. The molecule has 0 saturated heterocycles. The Bertz CT molecular complexity index is 1410. The van der Waals surface area contributed by atoms with Crippen molar-refractivity contribution in [2.75, 3.05) is 11.4 Å². The molecule has 2 aliphatic heterocycles. The van der Waals surface area contributed by atoms with E-state index in [9.17, 15) is 0 Å². The third kappa shape index (κ3) is 4.05. The minimum atomic E-state index is -0.412. The first-order valence-electron chi connectivity index (χ1n) is 12.1. The summed E-state index contributed by atoms with van der Waals surface area (Å²) in [5.41, 5.74) is 18.7. The monoisotopic (exact) mass is 479 g/mol. The normalized spacial score (nSPS) is 18.9. The Morgan fingerprint density at radius 2 is 1.81 bits per heavy atom. The van der Waals surface area contributed by atoms with Crippen LogP contribution in [-0.4, -0.2) is 33.6 Å². The molecule has 3 aromatic carbocycles. The van der Waals surface area contributed by atoms with Gasteiger partial charge in [0.2, 0.25) is 0 Å². The lowest BCUT2D eigenvalue weighted by Crippen LogP contribution is -2.56. The Morgan fingerprint density at radius 3 is 2.67 bits per heavy atom. The van der Waals surface area contributed by atoms with Crippen LogP contribution < -0.4 is 21.1 Å². The fraction of sp³-hybridized carbons (Fsp3) is 0.214. The van der Waals surface area contributed by atoms with E-state index in [1.165, 1.54) is 16.8 Å². The molecule has 5 N–H and O–H groups in total. The number of aromatic amines is 1. The summed E-state index contributed by atoms with van der Waals surface area (Å²) in [4.78, 5) is 8.93. The number of guanidine groups is 1. The molecule has 0 bridgehead atoms. The Hall–Kier alpha value is -4.30. The topological polar surface area (TPSA) is 109 Å². The predicted octanol–water partition coefficient (Wildman–Crippen LogP) is 4.36. The predicted molar refractivity (Wildman–Crippen MR) is 141 cm³/mol. The van der Waals surface area contributed by atoms with Crippen LogP contribution in [0.3, 0.4) is 0 Å². The number of hydrogen-bond donors (Lipinski definition) is 3. The lowest BCUT2D eigenvalue weighted by atomic mass is 9.95. The maximum atomic E-state index is 6.66. The molecule has 8 nitrogen and oxygen atoms in total. The molecule has 0 saturated carbocycles. The first-order valence-corrected chi connectivity index (χ1v) is 12.1. The number of nitrogens with one attached hydrogen (secondary N) is 1. The van der Waals surface area contributed by atoms with Gasteiger partial charge in [0.1, 0.15) is 17.7 Å². The molecule has 1 aromatic heterocycles. The van der Waals surface area contributed by atoms with Crippen molar-refractivity contribution >= 4 is 17.5 Å². The van der Waals surface area contributed by atoms with Crippen molar-refractivity contribution in [3.63, 3.8) is 0 Å². The number of benzene rings is 3. The summed E-state index contributed by atoms with van der Waals surface area (Å²) in [5, 5.41) is 6.98. The fourth-order valence-electron chi connectivity index (χ4n) is 5.15. The van der Waals surface area contributed by atoms with E-state index in [-0.39, 0.29) is 6.04 Å². The molecule has 182 valence electrons. The van der Waals surface area contributed by atoms with Crippen molar-refractivity contribution in [2.24, 2.45) is 16.5 Å². The highest BCUT2D eigenvalue weighted by Gasteiger charge is 2.36. The van der Waals surface area contributed by atoms with Crippen molar-refractivity contribution in [1.29, 1.82) is 0 Å². The summed E-state index contributed by atoms with van der Waals surface area (Å²) >= 11 is 0. The Labute approximate surface area is 210 Å². The van der Waals surface area contributed by atoms with Crippen molar-refractivity contribution in [2.45, 2.75) is 32.1 Å². The molecule has 6 rings (SSSR count). The van der Waals surface area contributed by atoms with Gasteiger partial charge < -0.3 is 26.0 Å². The zero-order valence-corrected chi connectivity index (χ0v) is 20.1. The van der Waals surface area contributed by atoms with Gasteiger partial charge in [0.25, 0.3) is 0 Å². The van der Waals surface area contributed by atoms with Crippen LogP contribution >= 0.6 is 0 Å². The standard InChI is InChI=1S/C28H29N7O/c1-18-10-12-22(13-11-18)36-25-9-5-3-7-20(25)16-34-17-21(14-19-6-2-4-8-24(19)34)35-26(29)23-15-31-33-27(23)32-28(35)30/h2-13,15,21,26H,14,16-17,29H2,1H3,(H3,30,31,32,33). The van der Waals surface area contributed by atoms with Crippen molar-refractivity contribution in [3.8, 4) is 11.5 Å². The number of nitrogens with zero attached hydrogens (tertiary/aromatic N) is 4. The molecular formula is C28H29N7O. The number of rotatable bonds is 5. The van der Waals surface area contributed by atoms with Gasteiger partial charge in [-0.2, -0.15) is 10.1 Å². The maximum Gasteiger partial charge on any atom is 0.199 e. The minimum Gasteiger partial charge on any atom is -0.457 e. The third-order valence-electron chi connectivity index (χ3n) is 6.95. The second-order valence-electron chi connectivity index (χ2n) is 9.39. The van der Waals surface area contributed by atoms with Crippen molar-refractivity contribution in [3.05, 3.63) is 101 Å². The number of anilines is 1. The Kier molecular flexibility index (Phi) is 5.58. The number of para-hydroxylation sites is 2. The van der Waals surface area contributed by atoms with Gasteiger partial charge in [-0.05, 0) is 43.2 Å². The number of fused-ring (bicyclic) bond motifs is 2. The molecule has 0 radical (unpaired) electrons. The molecule has 0 aliphatic carbocycles. The van der Waals surface area contributed by atoms with Gasteiger partial charge in [-0.1, -0.05) is 54.1 Å². The SMILES string of the molecule is Cc1ccc(Oc2ccccc2CN2CC(N3C(N)=Nc4[nH]ncc4C3N)Cc3ccccc32)cc1. The molecule has 4 aromatic rings. The highest BCUT2D eigenvalue weighted by atomic mass is 16.5. The van der Waals surface area contributed by atoms with E-state index in [4.69, 9.17) is 16.2 Å². The molecule has 0 spiro atoms. The van der Waals surface area contributed by atoms with Gasteiger partial charge in [-0.25, -0.2) is 0 Å². The van der Waals surface area contributed by atoms with E-state index in [2.05, 4.69) is 75.5 Å². The van der Waals surface area contributed by atoms with Gasteiger partial charge in [0.05, 0.1) is 17.8 Å². The number of aromatic nitrogens is 2. The molecule has 2 atom stereocenters. The largest absolute Gasteiger partial charge is 0.457 e. The number of nitrogens with two attached hydrogens (primary N) is 2. The summed E-state index contributed by atoms with van der Waals surface area (Å²) in [6.07, 6.45) is 2.15. The van der Waals surface area contributed by atoms with Crippen LogP contribution in [0.2, 0.25) is 0 Å². The van der Waals surface area contributed by atoms with Crippen LogP contribution in [-0.2, 0) is 13.0 Å². The molecule has 2 unspecified atom stereocenters. The number of H-pyrrole nitrogens is 1. The highest BCUT2D eigenvalue weighted by molar-refractivity contribution is 5.84. The average Bonchev–Trinajstić information content (AvgIpc) is 3.35. The molecule has 36 heavy (non-hydrogen) atoms. The Balaban J connectivity index is 1.30. The smallest absolute Gasteiger partial charge is 0.199 e. The van der Waals surface area contributed by atoms with E-state index < -0.39 is 6.17 Å². The summed E-state index contributed by atoms with van der Waals surface area (Å²) in [6, 6.07) is 24.9. The van der Waals surface area contributed by atoms with Gasteiger partial charge in [-0.3, -0.25) is 5.10 Å². The van der Waals surface area contributed by atoms with E-state index in [1.54, 1.807) is 6.20 Å². The second-order valence-corrected chi connectivity index (χ2v) is 9.39. The van der Waals surface area contributed by atoms with Gasteiger partial charge in [0.15, 0.2) is 11.8 Å². The number of aryl methyl sites for hydroxylation is 1. The van der Waals surface area contributed by atoms with Crippen molar-refractivity contribution in [1.82, 2.24) is 15.1 Å². The van der Waals surface area contributed by atoms with Gasteiger partial charge in [0, 0.05) is 24.3 Å². The lowest BCUT2D eigenvalue weighted by Gasteiger charge is -2.44. The second kappa shape index (κ2) is 9.05.